The van der Waals surface area contributed by atoms with Crippen LogP contribution in [0, 0.1) is 0 Å². The summed E-state index contributed by atoms with van der Waals surface area (Å²) in [5, 5.41) is 12.0. The average molecular weight is 358 g/mol. The molecular formula is C17H18N4O3S. The van der Waals surface area contributed by atoms with Crippen LogP contribution in [0.2, 0.25) is 0 Å². The Hall–Kier alpha value is -2.74. The van der Waals surface area contributed by atoms with E-state index in [1.54, 1.807) is 41.3 Å². The summed E-state index contributed by atoms with van der Waals surface area (Å²) in [4.78, 5) is 25.8. The van der Waals surface area contributed by atoms with E-state index in [1.165, 1.54) is 4.90 Å². The van der Waals surface area contributed by atoms with Gasteiger partial charge in [0.1, 0.15) is 5.52 Å². The van der Waals surface area contributed by atoms with Crippen LogP contribution in [0.1, 0.15) is 22.8 Å². The lowest BCUT2D eigenvalue weighted by molar-refractivity contribution is -0.133. The molecule has 7 nitrogen and oxygen atoms in total. The number of hydrogen-bond acceptors (Lipinski definition) is 6. The molecule has 3 aromatic rings. The zero-order valence-corrected chi connectivity index (χ0v) is 14.8. The van der Waals surface area contributed by atoms with E-state index in [0.717, 1.165) is 11.1 Å². The maximum atomic E-state index is 12.2. The van der Waals surface area contributed by atoms with Gasteiger partial charge in [-0.15, -0.1) is 5.10 Å². The highest BCUT2D eigenvalue weighted by Crippen LogP contribution is 2.14. The number of likely N-dealkylation sites (N-methyl/N-ethyl adjacent to an activating group) is 1. The summed E-state index contributed by atoms with van der Waals surface area (Å²) in [5.74, 6) is -0.803. The average Bonchev–Trinajstić information content (AvgIpc) is 3.27. The zero-order valence-electron chi connectivity index (χ0n) is 14.0. The van der Waals surface area contributed by atoms with Crippen molar-refractivity contribution in [2.45, 2.75) is 20.0 Å². The van der Waals surface area contributed by atoms with E-state index in [9.17, 15) is 9.59 Å². The van der Waals surface area contributed by atoms with Gasteiger partial charge in [0.05, 0.1) is 11.1 Å². The number of rotatable bonds is 6. The van der Waals surface area contributed by atoms with Crippen LogP contribution in [-0.2, 0) is 22.6 Å². The third kappa shape index (κ3) is 3.85. The van der Waals surface area contributed by atoms with Crippen molar-refractivity contribution in [3.8, 4) is 0 Å². The lowest BCUT2D eigenvalue weighted by atomic mass is 10.2. The van der Waals surface area contributed by atoms with Crippen molar-refractivity contribution < 1.29 is 14.3 Å². The molecule has 8 heteroatoms. The number of fused-ring (bicyclic) bond motifs is 1. The molecule has 130 valence electrons. The summed E-state index contributed by atoms with van der Waals surface area (Å²) in [6.45, 7) is 2.87. The van der Waals surface area contributed by atoms with Gasteiger partial charge in [-0.2, -0.15) is 11.3 Å². The Bertz CT molecular complexity index is 889. The molecule has 0 saturated heterocycles. The van der Waals surface area contributed by atoms with Gasteiger partial charge in [-0.05, 0) is 47.5 Å². The molecule has 0 fully saturated rings. The molecule has 2 heterocycles. The first-order chi connectivity index (χ1) is 12.1. The summed E-state index contributed by atoms with van der Waals surface area (Å²) in [5.41, 5.74) is 2.88. The Kier molecular flexibility index (Phi) is 5.08. The van der Waals surface area contributed by atoms with Crippen molar-refractivity contribution in [2.24, 2.45) is 0 Å². The smallest absolute Gasteiger partial charge is 0.338 e. The molecule has 0 aliphatic rings. The number of hydrogen-bond donors (Lipinski definition) is 0. The predicted octanol–water partition coefficient (Wildman–Crippen LogP) is 2.33. The van der Waals surface area contributed by atoms with Gasteiger partial charge >= 0.3 is 5.97 Å². The minimum Gasteiger partial charge on any atom is -0.452 e. The number of ether oxygens (including phenoxy) is 1. The molecule has 0 aliphatic heterocycles. The Labute approximate surface area is 148 Å². The lowest BCUT2D eigenvalue weighted by Crippen LogP contribution is -2.30. The second-order valence-corrected chi connectivity index (χ2v) is 6.35. The van der Waals surface area contributed by atoms with Crippen LogP contribution in [0.3, 0.4) is 0 Å². The van der Waals surface area contributed by atoms with Crippen molar-refractivity contribution in [3.05, 3.63) is 46.2 Å². The number of nitrogens with zero attached hydrogens (tertiary/aromatic N) is 4. The Morgan fingerprint density at radius 2 is 2.16 bits per heavy atom. The minimum absolute atomic E-state index is 0.252. The van der Waals surface area contributed by atoms with Gasteiger partial charge in [-0.3, -0.25) is 4.79 Å². The summed E-state index contributed by atoms with van der Waals surface area (Å²) >= 11 is 1.58. The van der Waals surface area contributed by atoms with Crippen molar-refractivity contribution in [2.75, 3.05) is 13.7 Å². The molecule has 0 unspecified atom stereocenters. The number of esters is 1. The Balaban J connectivity index is 1.59. The number of benzene rings is 1. The van der Waals surface area contributed by atoms with Crippen molar-refractivity contribution in [3.63, 3.8) is 0 Å². The van der Waals surface area contributed by atoms with Crippen LogP contribution in [-0.4, -0.2) is 45.4 Å². The van der Waals surface area contributed by atoms with E-state index in [1.807, 2.05) is 23.8 Å². The molecule has 2 aromatic heterocycles. The van der Waals surface area contributed by atoms with Crippen LogP contribution in [0.4, 0.5) is 0 Å². The summed E-state index contributed by atoms with van der Waals surface area (Å²) in [6, 6.07) is 7.01. The van der Waals surface area contributed by atoms with Gasteiger partial charge in [-0.1, -0.05) is 5.21 Å². The predicted molar refractivity (Wildman–Crippen MR) is 94.3 cm³/mol. The van der Waals surface area contributed by atoms with Gasteiger partial charge in [0.25, 0.3) is 5.91 Å². The second-order valence-electron chi connectivity index (χ2n) is 5.57. The molecule has 3 rings (SSSR count). The molecule has 25 heavy (non-hydrogen) atoms. The zero-order chi connectivity index (χ0) is 17.8. The van der Waals surface area contributed by atoms with Gasteiger partial charge in [0.2, 0.25) is 0 Å². The maximum absolute atomic E-state index is 12.2. The molecular weight excluding hydrogens is 340 g/mol. The normalized spacial score (nSPS) is 10.8. The fraction of sp³-hybridized carbons (Fsp3) is 0.294. The van der Waals surface area contributed by atoms with Gasteiger partial charge in [0.15, 0.2) is 6.61 Å². The van der Waals surface area contributed by atoms with E-state index in [-0.39, 0.29) is 12.5 Å². The van der Waals surface area contributed by atoms with Crippen molar-refractivity contribution >= 4 is 34.2 Å². The van der Waals surface area contributed by atoms with E-state index in [4.69, 9.17) is 4.74 Å². The first kappa shape index (κ1) is 17.1. The van der Waals surface area contributed by atoms with Crippen LogP contribution in [0.25, 0.3) is 11.0 Å². The molecule has 0 spiro atoms. The third-order valence-electron chi connectivity index (χ3n) is 3.80. The SMILES string of the molecule is CCn1nnc2cc(C(=O)OCC(=O)N(C)Cc3ccsc3)ccc21. The number of carbonyl (C=O) groups is 2. The molecule has 0 aliphatic carbocycles. The van der Waals surface area contributed by atoms with Crippen molar-refractivity contribution in [1.82, 2.24) is 19.9 Å². The third-order valence-corrected chi connectivity index (χ3v) is 4.53. The molecule has 0 saturated carbocycles. The molecule has 0 radical (unpaired) electrons. The first-order valence-electron chi connectivity index (χ1n) is 7.84. The quantitative estimate of drug-likeness (QED) is 0.632. The molecule has 0 N–H and O–H groups in total. The van der Waals surface area contributed by atoms with E-state index < -0.39 is 5.97 Å². The maximum Gasteiger partial charge on any atom is 0.338 e. The Morgan fingerprint density at radius 3 is 2.88 bits per heavy atom. The first-order valence-corrected chi connectivity index (χ1v) is 8.78. The standard InChI is InChI=1S/C17H18N4O3S/c1-3-21-15-5-4-13(8-14(15)18-19-21)17(23)24-10-16(22)20(2)9-12-6-7-25-11-12/h4-8,11H,3,9-10H2,1-2H3. The number of aromatic nitrogens is 3. The molecule has 0 atom stereocenters. The van der Waals surface area contributed by atoms with E-state index in [0.29, 0.717) is 24.2 Å². The van der Waals surface area contributed by atoms with Gasteiger partial charge in [0, 0.05) is 20.1 Å². The van der Waals surface area contributed by atoms with Crippen LogP contribution < -0.4 is 0 Å². The highest BCUT2D eigenvalue weighted by atomic mass is 32.1. The highest BCUT2D eigenvalue weighted by Gasteiger charge is 2.15. The van der Waals surface area contributed by atoms with Crippen LogP contribution >= 0.6 is 11.3 Å². The fourth-order valence-electron chi connectivity index (χ4n) is 2.40. The number of carbonyl (C=O) groups excluding carboxylic acids is 2. The van der Waals surface area contributed by atoms with Gasteiger partial charge < -0.3 is 9.64 Å². The highest BCUT2D eigenvalue weighted by molar-refractivity contribution is 7.07. The molecule has 1 amide bonds. The fourth-order valence-corrected chi connectivity index (χ4v) is 3.06. The summed E-state index contributed by atoms with van der Waals surface area (Å²) in [7, 11) is 1.68. The number of aryl methyl sites for hydroxylation is 1. The number of thiophene rings is 1. The summed E-state index contributed by atoms with van der Waals surface area (Å²) in [6.07, 6.45) is 0. The topological polar surface area (TPSA) is 77.3 Å². The Morgan fingerprint density at radius 1 is 1.32 bits per heavy atom. The van der Waals surface area contributed by atoms with Crippen LogP contribution in [0.15, 0.2) is 35.0 Å². The summed E-state index contributed by atoms with van der Waals surface area (Å²) < 4.78 is 6.87. The van der Waals surface area contributed by atoms with E-state index >= 15 is 0 Å². The number of amides is 1. The lowest BCUT2D eigenvalue weighted by Gasteiger charge is -2.16. The molecule has 0 bridgehead atoms. The van der Waals surface area contributed by atoms with E-state index in [2.05, 4.69) is 10.3 Å². The largest absolute Gasteiger partial charge is 0.452 e. The molecule has 1 aromatic carbocycles. The van der Waals surface area contributed by atoms with Gasteiger partial charge in [-0.25, -0.2) is 9.48 Å². The second kappa shape index (κ2) is 7.43. The monoisotopic (exact) mass is 358 g/mol. The van der Waals surface area contributed by atoms with Crippen molar-refractivity contribution in [1.29, 1.82) is 0 Å². The minimum atomic E-state index is -0.551. The van der Waals surface area contributed by atoms with Crippen LogP contribution in [0.5, 0.6) is 0 Å².